The summed E-state index contributed by atoms with van der Waals surface area (Å²) in [5.41, 5.74) is -0.394. The number of hydrogen-bond acceptors (Lipinski definition) is 7. The van der Waals surface area contributed by atoms with Crippen LogP contribution >= 0.6 is 0 Å². The standard InChI is InChI=1S/C20H22FN3O7S2/c1-22-32(26,27)14-2-4-17(21)16(12-14)20(25)23-6-8-24(9-7-23)33(28,29)15-3-5-18-19(13-15)31-11-10-30-18/h2-5,12-13,22H,6-11H2,1H3. The number of piperazine rings is 1. The molecule has 0 atom stereocenters. The number of nitrogens with zero attached hydrogens (tertiary/aromatic N) is 2. The van der Waals surface area contributed by atoms with Gasteiger partial charge in [-0.15, -0.1) is 0 Å². The quantitative estimate of drug-likeness (QED) is 0.641. The van der Waals surface area contributed by atoms with Gasteiger partial charge in [0.05, 0.1) is 15.4 Å². The normalized spacial score (nSPS) is 17.1. The summed E-state index contributed by atoms with van der Waals surface area (Å²) in [5, 5.41) is 0. The van der Waals surface area contributed by atoms with Gasteiger partial charge in [-0.1, -0.05) is 0 Å². The Labute approximate surface area is 191 Å². The van der Waals surface area contributed by atoms with Crippen LogP contribution in [0.2, 0.25) is 0 Å². The van der Waals surface area contributed by atoms with Crippen LogP contribution in [0.4, 0.5) is 4.39 Å². The fourth-order valence-corrected chi connectivity index (χ4v) is 5.78. The van der Waals surface area contributed by atoms with Crippen LogP contribution in [0, 0.1) is 5.82 Å². The first-order valence-corrected chi connectivity index (χ1v) is 13.0. The maximum Gasteiger partial charge on any atom is 0.256 e. The highest BCUT2D eigenvalue weighted by molar-refractivity contribution is 7.89. The SMILES string of the molecule is CNS(=O)(=O)c1ccc(F)c(C(=O)N2CCN(S(=O)(=O)c3ccc4c(c3)OCCO4)CC2)c1. The summed E-state index contributed by atoms with van der Waals surface area (Å²) < 4.78 is 78.6. The zero-order valence-electron chi connectivity index (χ0n) is 17.7. The number of ether oxygens (including phenoxy) is 2. The monoisotopic (exact) mass is 499 g/mol. The van der Waals surface area contributed by atoms with Crippen molar-refractivity contribution in [3.8, 4) is 11.5 Å². The molecule has 0 unspecified atom stereocenters. The van der Waals surface area contributed by atoms with Crippen LogP contribution < -0.4 is 14.2 Å². The maximum absolute atomic E-state index is 14.3. The minimum atomic E-state index is -3.86. The van der Waals surface area contributed by atoms with Gasteiger partial charge in [0.15, 0.2) is 11.5 Å². The molecule has 10 nitrogen and oxygen atoms in total. The molecule has 0 saturated carbocycles. The van der Waals surface area contributed by atoms with Crippen molar-refractivity contribution in [1.29, 1.82) is 0 Å². The summed E-state index contributed by atoms with van der Waals surface area (Å²) in [6, 6.07) is 7.33. The summed E-state index contributed by atoms with van der Waals surface area (Å²) in [7, 11) is -6.50. The molecule has 1 fully saturated rings. The number of hydrogen-bond donors (Lipinski definition) is 1. The summed E-state index contributed by atoms with van der Waals surface area (Å²) in [5.74, 6) is -0.749. The number of benzene rings is 2. The Morgan fingerprint density at radius 2 is 1.55 bits per heavy atom. The van der Waals surface area contributed by atoms with E-state index in [2.05, 4.69) is 4.72 Å². The summed E-state index contributed by atoms with van der Waals surface area (Å²) in [4.78, 5) is 13.9. The molecule has 2 aromatic rings. The van der Waals surface area contributed by atoms with Crippen LogP contribution in [0.1, 0.15) is 10.4 Å². The molecule has 0 aliphatic carbocycles. The number of halogens is 1. The molecule has 1 saturated heterocycles. The van der Waals surface area contributed by atoms with Crippen LogP contribution in [-0.2, 0) is 20.0 Å². The summed E-state index contributed by atoms with van der Waals surface area (Å²) in [6.45, 7) is 0.748. The fourth-order valence-electron chi connectivity index (χ4n) is 3.59. The van der Waals surface area contributed by atoms with Crippen molar-refractivity contribution in [3.63, 3.8) is 0 Å². The first-order chi connectivity index (χ1) is 15.6. The lowest BCUT2D eigenvalue weighted by molar-refractivity contribution is 0.0693. The number of carbonyl (C=O) groups is 1. The van der Waals surface area contributed by atoms with Gasteiger partial charge in [0.1, 0.15) is 19.0 Å². The maximum atomic E-state index is 14.3. The predicted molar refractivity (Wildman–Crippen MR) is 115 cm³/mol. The topological polar surface area (TPSA) is 122 Å². The van der Waals surface area contributed by atoms with E-state index in [1.165, 1.54) is 34.5 Å². The Morgan fingerprint density at radius 1 is 0.909 bits per heavy atom. The van der Waals surface area contributed by atoms with E-state index in [9.17, 15) is 26.0 Å². The molecule has 0 bridgehead atoms. The number of amides is 1. The molecule has 0 radical (unpaired) electrons. The van der Waals surface area contributed by atoms with E-state index < -0.39 is 37.3 Å². The first kappa shape index (κ1) is 23.4. The van der Waals surface area contributed by atoms with Crippen LogP contribution in [-0.4, -0.2) is 78.4 Å². The molecular weight excluding hydrogens is 477 g/mol. The molecule has 2 heterocycles. The van der Waals surface area contributed by atoms with Crippen molar-refractivity contribution in [2.24, 2.45) is 0 Å². The van der Waals surface area contributed by atoms with E-state index in [0.29, 0.717) is 24.7 Å². The van der Waals surface area contributed by atoms with E-state index in [1.54, 1.807) is 0 Å². The van der Waals surface area contributed by atoms with E-state index >= 15 is 0 Å². The van der Waals surface area contributed by atoms with Crippen molar-refractivity contribution in [2.75, 3.05) is 46.4 Å². The second-order valence-electron chi connectivity index (χ2n) is 7.35. The van der Waals surface area contributed by atoms with Gasteiger partial charge in [0.25, 0.3) is 5.91 Å². The summed E-state index contributed by atoms with van der Waals surface area (Å²) >= 11 is 0. The number of carbonyl (C=O) groups excluding carboxylic acids is 1. The smallest absolute Gasteiger partial charge is 0.256 e. The molecule has 1 N–H and O–H groups in total. The van der Waals surface area contributed by atoms with Crippen molar-refractivity contribution in [3.05, 3.63) is 47.8 Å². The van der Waals surface area contributed by atoms with Gasteiger partial charge in [-0.3, -0.25) is 4.79 Å². The van der Waals surface area contributed by atoms with Gasteiger partial charge in [-0.05, 0) is 37.4 Å². The fraction of sp³-hybridized carbons (Fsp3) is 0.350. The molecular formula is C20H22FN3O7S2. The molecule has 0 spiro atoms. The highest BCUT2D eigenvalue weighted by atomic mass is 32.2. The van der Waals surface area contributed by atoms with E-state index in [-0.39, 0.29) is 36.0 Å². The highest BCUT2D eigenvalue weighted by Gasteiger charge is 2.32. The summed E-state index contributed by atoms with van der Waals surface area (Å²) in [6.07, 6.45) is 0. The number of fused-ring (bicyclic) bond motifs is 1. The molecule has 4 rings (SSSR count). The Bertz CT molecular complexity index is 1290. The third-order valence-electron chi connectivity index (χ3n) is 5.42. The molecule has 178 valence electrons. The van der Waals surface area contributed by atoms with Crippen LogP contribution in [0.5, 0.6) is 11.5 Å². The first-order valence-electron chi connectivity index (χ1n) is 10.1. The lowest BCUT2D eigenvalue weighted by Gasteiger charge is -2.34. The van der Waals surface area contributed by atoms with Crippen LogP contribution in [0.15, 0.2) is 46.2 Å². The second-order valence-corrected chi connectivity index (χ2v) is 11.2. The average Bonchev–Trinajstić information content (AvgIpc) is 2.83. The van der Waals surface area contributed by atoms with Gasteiger partial charge in [0.2, 0.25) is 20.0 Å². The molecule has 2 aromatic carbocycles. The van der Waals surface area contributed by atoms with Gasteiger partial charge < -0.3 is 14.4 Å². The van der Waals surface area contributed by atoms with Gasteiger partial charge in [-0.25, -0.2) is 25.9 Å². The molecule has 33 heavy (non-hydrogen) atoms. The van der Waals surface area contributed by atoms with E-state index in [0.717, 1.165) is 18.2 Å². The number of nitrogens with one attached hydrogen (secondary N) is 1. The Balaban J connectivity index is 1.49. The van der Waals surface area contributed by atoms with Crippen molar-refractivity contribution in [1.82, 2.24) is 13.9 Å². The zero-order chi connectivity index (χ0) is 23.8. The van der Waals surface area contributed by atoms with Gasteiger partial charge in [-0.2, -0.15) is 4.31 Å². The lowest BCUT2D eigenvalue weighted by atomic mass is 10.1. The Morgan fingerprint density at radius 3 is 2.21 bits per heavy atom. The predicted octanol–water partition coefficient (Wildman–Crippen LogP) is 0.652. The van der Waals surface area contributed by atoms with E-state index in [1.807, 2.05) is 0 Å². The van der Waals surface area contributed by atoms with Crippen LogP contribution in [0.25, 0.3) is 0 Å². The molecule has 2 aliphatic heterocycles. The number of sulfonamides is 2. The third kappa shape index (κ3) is 4.53. The van der Waals surface area contributed by atoms with Gasteiger partial charge >= 0.3 is 0 Å². The van der Waals surface area contributed by atoms with E-state index in [4.69, 9.17) is 9.47 Å². The Hall–Kier alpha value is -2.74. The molecule has 2 aliphatic rings. The minimum Gasteiger partial charge on any atom is -0.486 e. The van der Waals surface area contributed by atoms with Crippen molar-refractivity contribution in [2.45, 2.75) is 9.79 Å². The second kappa shape index (κ2) is 8.89. The lowest BCUT2D eigenvalue weighted by Crippen LogP contribution is -2.50. The molecule has 13 heteroatoms. The number of rotatable bonds is 5. The minimum absolute atomic E-state index is 0.00135. The molecule has 1 amide bonds. The Kier molecular flexibility index (Phi) is 6.31. The average molecular weight is 500 g/mol. The largest absolute Gasteiger partial charge is 0.486 e. The van der Waals surface area contributed by atoms with Gasteiger partial charge in [0, 0.05) is 32.2 Å². The van der Waals surface area contributed by atoms with Crippen molar-refractivity contribution < 1.29 is 35.5 Å². The zero-order valence-corrected chi connectivity index (χ0v) is 19.3. The molecule has 0 aromatic heterocycles. The van der Waals surface area contributed by atoms with Crippen LogP contribution in [0.3, 0.4) is 0 Å². The van der Waals surface area contributed by atoms with Crippen molar-refractivity contribution >= 4 is 26.0 Å². The highest BCUT2D eigenvalue weighted by Crippen LogP contribution is 2.33. The third-order valence-corrected chi connectivity index (χ3v) is 8.73.